The summed E-state index contributed by atoms with van der Waals surface area (Å²) in [7, 11) is 0. The molecule has 0 spiro atoms. The van der Waals surface area contributed by atoms with E-state index in [1.165, 1.54) is 0 Å². The molecule has 4 heteroatoms. The number of hydrogen-bond donors (Lipinski definition) is 0. The molecule has 2 saturated heterocycles. The zero-order valence-electron chi connectivity index (χ0n) is 8.07. The van der Waals surface area contributed by atoms with Gasteiger partial charge in [0.1, 0.15) is 17.8 Å². The summed E-state index contributed by atoms with van der Waals surface area (Å²) >= 11 is 0. The lowest BCUT2D eigenvalue weighted by atomic mass is 10.1. The summed E-state index contributed by atoms with van der Waals surface area (Å²) in [5.74, 6) is -0.541. The van der Waals surface area contributed by atoms with Gasteiger partial charge in [0.15, 0.2) is 12.1 Å². The van der Waals surface area contributed by atoms with Gasteiger partial charge >= 0.3 is 0 Å². The zero-order valence-corrected chi connectivity index (χ0v) is 8.07. The van der Waals surface area contributed by atoms with Crippen LogP contribution in [-0.2, 0) is 19.0 Å². The Bertz CT molecular complexity index is 238. The van der Waals surface area contributed by atoms with Crippen molar-refractivity contribution in [3.05, 3.63) is 0 Å². The third-order valence-corrected chi connectivity index (χ3v) is 2.49. The highest BCUT2D eigenvalue weighted by Crippen LogP contribution is 2.41. The number of epoxide rings is 1. The largest absolute Gasteiger partial charge is 0.355 e. The van der Waals surface area contributed by atoms with E-state index in [-0.39, 0.29) is 12.2 Å². The number of hydrogen-bond acceptors (Lipinski definition) is 4. The van der Waals surface area contributed by atoms with Crippen molar-refractivity contribution >= 4 is 6.29 Å². The second kappa shape index (κ2) is 2.53. The Morgan fingerprint density at radius 1 is 1.31 bits per heavy atom. The third kappa shape index (κ3) is 1.49. The van der Waals surface area contributed by atoms with Crippen molar-refractivity contribution in [3.63, 3.8) is 0 Å². The van der Waals surface area contributed by atoms with Gasteiger partial charge in [0.05, 0.1) is 6.61 Å². The summed E-state index contributed by atoms with van der Waals surface area (Å²) in [5, 5.41) is 0. The predicted octanol–water partition coefficient (Wildman–Crippen LogP) is 0.494. The number of carbonyl (C=O) groups excluding carboxylic acids is 1. The summed E-state index contributed by atoms with van der Waals surface area (Å²) in [6.07, 6.45) is 0.587. The maximum atomic E-state index is 10.6. The molecule has 0 aliphatic carbocycles. The second-order valence-electron chi connectivity index (χ2n) is 4.21. The molecule has 74 valence electrons. The van der Waals surface area contributed by atoms with E-state index in [4.69, 9.17) is 14.2 Å². The highest BCUT2D eigenvalue weighted by molar-refractivity contribution is 5.67. The van der Waals surface area contributed by atoms with E-state index < -0.39 is 11.4 Å². The van der Waals surface area contributed by atoms with Crippen LogP contribution in [0.1, 0.15) is 20.8 Å². The lowest BCUT2D eigenvalue weighted by Gasteiger charge is -2.16. The molecule has 2 heterocycles. The zero-order chi connectivity index (χ0) is 9.69. The molecule has 0 aromatic heterocycles. The molecule has 3 atom stereocenters. The van der Waals surface area contributed by atoms with Crippen molar-refractivity contribution in [2.75, 3.05) is 6.61 Å². The van der Waals surface area contributed by atoms with Crippen LogP contribution in [0.15, 0.2) is 0 Å². The molecule has 0 aromatic carbocycles. The van der Waals surface area contributed by atoms with E-state index in [9.17, 15) is 4.79 Å². The van der Waals surface area contributed by atoms with Gasteiger partial charge in [0, 0.05) is 0 Å². The summed E-state index contributed by atoms with van der Waals surface area (Å²) in [6, 6.07) is 0. The molecule has 2 rings (SSSR count). The topological polar surface area (TPSA) is 48.1 Å². The number of ether oxygens (including phenoxy) is 3. The smallest absolute Gasteiger partial charge is 0.163 e. The van der Waals surface area contributed by atoms with E-state index in [1.807, 2.05) is 13.8 Å². The van der Waals surface area contributed by atoms with Crippen LogP contribution in [0.4, 0.5) is 0 Å². The average Bonchev–Trinajstić information content (AvgIpc) is 2.60. The number of carbonyl (C=O) groups is 1. The van der Waals surface area contributed by atoms with Gasteiger partial charge in [-0.3, -0.25) is 0 Å². The summed E-state index contributed by atoms with van der Waals surface area (Å²) in [4.78, 5) is 10.6. The normalized spacial score (nSPS) is 47.6. The van der Waals surface area contributed by atoms with Crippen LogP contribution in [-0.4, -0.2) is 36.5 Å². The first kappa shape index (κ1) is 9.12. The van der Waals surface area contributed by atoms with Crippen LogP contribution in [0, 0.1) is 0 Å². The van der Waals surface area contributed by atoms with Gasteiger partial charge in [-0.25, -0.2) is 0 Å². The third-order valence-electron chi connectivity index (χ3n) is 2.49. The molecular formula is C9H14O4. The van der Waals surface area contributed by atoms with Crippen LogP contribution in [0.5, 0.6) is 0 Å². The molecule has 2 aliphatic rings. The Kier molecular flexibility index (Phi) is 1.77. The Morgan fingerprint density at radius 2 is 2.00 bits per heavy atom. The van der Waals surface area contributed by atoms with Crippen molar-refractivity contribution in [1.82, 2.24) is 0 Å². The maximum Gasteiger partial charge on any atom is 0.163 e. The molecular weight excluding hydrogens is 172 g/mol. The summed E-state index contributed by atoms with van der Waals surface area (Å²) < 4.78 is 16.2. The molecule has 2 aliphatic heterocycles. The van der Waals surface area contributed by atoms with Crippen molar-refractivity contribution < 1.29 is 19.0 Å². The standard InChI is InChI=1S/C9H14O4/c1-8(2)11-4-6(12-8)7-9(3,5-10)13-7/h5-7H,4H2,1-3H3. The van der Waals surface area contributed by atoms with Crippen LogP contribution < -0.4 is 0 Å². The quantitative estimate of drug-likeness (QED) is 0.465. The van der Waals surface area contributed by atoms with E-state index >= 15 is 0 Å². The van der Waals surface area contributed by atoms with E-state index in [0.717, 1.165) is 6.29 Å². The van der Waals surface area contributed by atoms with Gasteiger partial charge in [-0.1, -0.05) is 0 Å². The molecule has 0 bridgehead atoms. The van der Waals surface area contributed by atoms with E-state index in [2.05, 4.69) is 0 Å². The average molecular weight is 186 g/mol. The van der Waals surface area contributed by atoms with Crippen molar-refractivity contribution in [1.29, 1.82) is 0 Å². The monoisotopic (exact) mass is 186 g/mol. The lowest BCUT2D eigenvalue weighted by Crippen LogP contribution is -2.28. The van der Waals surface area contributed by atoms with Crippen LogP contribution >= 0.6 is 0 Å². The predicted molar refractivity (Wildman–Crippen MR) is 44.2 cm³/mol. The molecule has 13 heavy (non-hydrogen) atoms. The van der Waals surface area contributed by atoms with Gasteiger partial charge < -0.3 is 19.0 Å². The maximum absolute atomic E-state index is 10.6. The minimum absolute atomic E-state index is 0.106. The highest BCUT2D eigenvalue weighted by atomic mass is 16.8. The fourth-order valence-corrected chi connectivity index (χ4v) is 1.64. The van der Waals surface area contributed by atoms with Gasteiger partial charge in [-0.05, 0) is 20.8 Å². The minimum Gasteiger partial charge on any atom is -0.355 e. The van der Waals surface area contributed by atoms with Gasteiger partial charge in [-0.15, -0.1) is 0 Å². The van der Waals surface area contributed by atoms with Crippen molar-refractivity contribution in [2.24, 2.45) is 0 Å². The molecule has 0 radical (unpaired) electrons. The first-order chi connectivity index (χ1) is 5.97. The first-order valence-corrected chi connectivity index (χ1v) is 4.43. The lowest BCUT2D eigenvalue weighted by molar-refractivity contribution is -0.140. The minimum atomic E-state index is -0.644. The Morgan fingerprint density at radius 3 is 2.38 bits per heavy atom. The SMILES string of the molecule is CC1(C)OCC(C2OC2(C)C=O)O1. The molecule has 4 nitrogen and oxygen atoms in total. The Balaban J connectivity index is 1.96. The first-order valence-electron chi connectivity index (χ1n) is 4.43. The van der Waals surface area contributed by atoms with E-state index in [1.54, 1.807) is 6.92 Å². The molecule has 2 fully saturated rings. The van der Waals surface area contributed by atoms with E-state index in [0.29, 0.717) is 6.61 Å². The second-order valence-corrected chi connectivity index (χ2v) is 4.21. The van der Waals surface area contributed by atoms with Crippen molar-refractivity contribution in [2.45, 2.75) is 44.4 Å². The summed E-state index contributed by atoms with van der Waals surface area (Å²) in [5.41, 5.74) is -0.644. The number of aldehydes is 1. The molecule has 3 unspecified atom stereocenters. The fourth-order valence-electron chi connectivity index (χ4n) is 1.64. The molecule has 0 aromatic rings. The van der Waals surface area contributed by atoms with Gasteiger partial charge in [-0.2, -0.15) is 0 Å². The molecule has 0 saturated carbocycles. The van der Waals surface area contributed by atoms with Gasteiger partial charge in [0.2, 0.25) is 0 Å². The van der Waals surface area contributed by atoms with Crippen LogP contribution in [0.2, 0.25) is 0 Å². The Hall–Kier alpha value is -0.450. The van der Waals surface area contributed by atoms with Crippen LogP contribution in [0.3, 0.4) is 0 Å². The number of rotatable bonds is 2. The van der Waals surface area contributed by atoms with Crippen LogP contribution in [0.25, 0.3) is 0 Å². The van der Waals surface area contributed by atoms with Crippen molar-refractivity contribution in [3.8, 4) is 0 Å². The van der Waals surface area contributed by atoms with Gasteiger partial charge in [0.25, 0.3) is 0 Å². The molecule has 0 amide bonds. The summed E-state index contributed by atoms with van der Waals surface area (Å²) in [6.45, 7) is 5.97. The molecule has 0 N–H and O–H groups in total. The Labute approximate surface area is 77.1 Å². The highest BCUT2D eigenvalue weighted by Gasteiger charge is 2.59. The fraction of sp³-hybridized carbons (Fsp3) is 0.889.